The first-order chi connectivity index (χ1) is 11.5. The molecule has 1 aromatic carbocycles. The topological polar surface area (TPSA) is 67.9 Å². The van der Waals surface area contributed by atoms with Gasteiger partial charge in [0.25, 0.3) is 0 Å². The number of benzene rings is 1. The SMILES string of the molecule is CC1(C)CCOc2cc(CS(=O)c3nc4ccccc4[nH]3)ncc21. The summed E-state index contributed by atoms with van der Waals surface area (Å²) in [5.41, 5.74) is 3.66. The van der Waals surface area contributed by atoms with Crippen LogP contribution < -0.4 is 4.74 Å². The first-order valence-electron chi connectivity index (χ1n) is 7.98. The molecule has 2 aromatic heterocycles. The predicted octanol–water partition coefficient (Wildman–Crippen LogP) is 3.33. The molecule has 0 saturated carbocycles. The van der Waals surface area contributed by atoms with E-state index in [1.54, 1.807) is 0 Å². The van der Waals surface area contributed by atoms with Crippen LogP contribution in [0.15, 0.2) is 41.7 Å². The Balaban J connectivity index is 1.60. The van der Waals surface area contributed by atoms with Crippen LogP contribution in [0.1, 0.15) is 31.5 Å². The van der Waals surface area contributed by atoms with Crippen LogP contribution in [-0.4, -0.2) is 25.8 Å². The maximum Gasteiger partial charge on any atom is 0.197 e. The zero-order valence-electron chi connectivity index (χ0n) is 13.7. The Bertz CT molecular complexity index is 900. The lowest BCUT2D eigenvalue weighted by Crippen LogP contribution is -2.27. The van der Waals surface area contributed by atoms with Gasteiger partial charge in [-0.2, -0.15) is 0 Å². The van der Waals surface area contributed by atoms with E-state index in [0.717, 1.165) is 34.5 Å². The molecule has 1 N–H and O–H groups in total. The number of H-pyrrole nitrogens is 1. The molecular formula is C18H19N3O2S. The zero-order valence-corrected chi connectivity index (χ0v) is 14.5. The first kappa shape index (κ1) is 15.3. The minimum Gasteiger partial charge on any atom is -0.493 e. The summed E-state index contributed by atoms with van der Waals surface area (Å²) in [5.74, 6) is 1.18. The van der Waals surface area contributed by atoms with Crippen molar-refractivity contribution in [1.29, 1.82) is 0 Å². The Kier molecular flexibility index (Phi) is 3.64. The summed E-state index contributed by atoms with van der Waals surface area (Å²) in [6, 6.07) is 9.59. The first-order valence-corrected chi connectivity index (χ1v) is 9.30. The van der Waals surface area contributed by atoms with E-state index >= 15 is 0 Å². The van der Waals surface area contributed by atoms with Gasteiger partial charge in [0.2, 0.25) is 0 Å². The van der Waals surface area contributed by atoms with Crippen LogP contribution >= 0.6 is 0 Å². The van der Waals surface area contributed by atoms with Gasteiger partial charge in [0, 0.05) is 17.8 Å². The number of hydrogen-bond donors (Lipinski definition) is 1. The van der Waals surface area contributed by atoms with Crippen molar-refractivity contribution in [2.45, 2.75) is 36.6 Å². The molecule has 1 aliphatic rings. The maximum atomic E-state index is 12.6. The molecule has 3 heterocycles. The average molecular weight is 341 g/mol. The third-order valence-corrected chi connectivity index (χ3v) is 5.68. The molecular weight excluding hydrogens is 322 g/mol. The monoisotopic (exact) mass is 341 g/mol. The fourth-order valence-electron chi connectivity index (χ4n) is 2.97. The second-order valence-corrected chi connectivity index (χ2v) is 8.07. The second kappa shape index (κ2) is 5.70. The van der Waals surface area contributed by atoms with Crippen LogP contribution in [0.25, 0.3) is 11.0 Å². The van der Waals surface area contributed by atoms with Gasteiger partial charge in [0.05, 0.1) is 39.9 Å². The number of nitrogens with zero attached hydrogens (tertiary/aromatic N) is 2. The van der Waals surface area contributed by atoms with Gasteiger partial charge in [-0.05, 0) is 24.0 Å². The molecule has 1 unspecified atom stereocenters. The number of fused-ring (bicyclic) bond motifs is 2. The third kappa shape index (κ3) is 2.71. The van der Waals surface area contributed by atoms with Crippen LogP contribution in [-0.2, 0) is 22.0 Å². The molecule has 0 bridgehead atoms. The predicted molar refractivity (Wildman–Crippen MR) is 93.6 cm³/mol. The van der Waals surface area contributed by atoms with Gasteiger partial charge in [-0.1, -0.05) is 26.0 Å². The fraction of sp³-hybridized carbons (Fsp3) is 0.333. The van der Waals surface area contributed by atoms with Gasteiger partial charge in [-0.3, -0.25) is 9.19 Å². The van der Waals surface area contributed by atoms with Gasteiger partial charge in [0.15, 0.2) is 5.16 Å². The minimum absolute atomic E-state index is 0.0665. The number of nitrogens with one attached hydrogen (secondary N) is 1. The molecule has 1 atom stereocenters. The molecule has 0 saturated heterocycles. The number of imidazole rings is 1. The van der Waals surface area contributed by atoms with Crippen LogP contribution in [0.3, 0.4) is 0 Å². The molecule has 4 rings (SSSR count). The largest absolute Gasteiger partial charge is 0.493 e. The van der Waals surface area contributed by atoms with E-state index in [9.17, 15) is 4.21 Å². The van der Waals surface area contributed by atoms with E-state index in [1.807, 2.05) is 36.5 Å². The van der Waals surface area contributed by atoms with Gasteiger partial charge in [-0.15, -0.1) is 0 Å². The molecule has 1 aliphatic heterocycles. The lowest BCUT2D eigenvalue weighted by molar-refractivity contribution is 0.233. The Morgan fingerprint density at radius 1 is 1.33 bits per heavy atom. The number of aromatic nitrogens is 3. The Morgan fingerprint density at radius 2 is 2.17 bits per heavy atom. The van der Waals surface area contributed by atoms with Crippen molar-refractivity contribution in [3.63, 3.8) is 0 Å². The summed E-state index contributed by atoms with van der Waals surface area (Å²) in [5, 5.41) is 0.483. The number of para-hydroxylation sites is 2. The minimum atomic E-state index is -1.27. The second-order valence-electron chi connectivity index (χ2n) is 6.70. The smallest absolute Gasteiger partial charge is 0.197 e. The molecule has 0 fully saturated rings. The molecule has 0 aliphatic carbocycles. The van der Waals surface area contributed by atoms with Crippen LogP contribution in [0, 0.1) is 0 Å². The maximum absolute atomic E-state index is 12.6. The van der Waals surface area contributed by atoms with Crippen LogP contribution in [0.2, 0.25) is 0 Å². The quantitative estimate of drug-likeness (QED) is 0.793. The zero-order chi connectivity index (χ0) is 16.7. The number of hydrogen-bond acceptors (Lipinski definition) is 4. The van der Waals surface area contributed by atoms with Crippen LogP contribution in [0.4, 0.5) is 0 Å². The van der Waals surface area contributed by atoms with Crippen LogP contribution in [0.5, 0.6) is 5.75 Å². The van der Waals surface area contributed by atoms with Crippen molar-refractivity contribution >= 4 is 21.8 Å². The summed E-state index contributed by atoms with van der Waals surface area (Å²) in [4.78, 5) is 12.0. The summed E-state index contributed by atoms with van der Waals surface area (Å²) >= 11 is 0. The van der Waals surface area contributed by atoms with Gasteiger partial charge >= 0.3 is 0 Å². The molecule has 124 valence electrons. The van der Waals surface area contributed by atoms with Crippen molar-refractivity contribution in [2.24, 2.45) is 0 Å². The number of ether oxygens (including phenoxy) is 1. The third-order valence-electron chi connectivity index (χ3n) is 4.50. The van der Waals surface area contributed by atoms with E-state index < -0.39 is 10.8 Å². The standard InChI is InChI=1S/C18H19N3O2S/c1-18(2)7-8-23-16-9-12(19-10-13(16)18)11-24(22)17-20-14-5-3-4-6-15(14)21-17/h3-6,9-10H,7-8,11H2,1-2H3,(H,20,21). The van der Waals surface area contributed by atoms with E-state index in [2.05, 4.69) is 28.8 Å². The Labute approximate surface area is 142 Å². The average Bonchev–Trinajstić information content (AvgIpc) is 2.98. The Hall–Kier alpha value is -2.21. The highest BCUT2D eigenvalue weighted by Gasteiger charge is 2.29. The lowest BCUT2D eigenvalue weighted by Gasteiger charge is -2.32. The van der Waals surface area contributed by atoms with Gasteiger partial charge < -0.3 is 9.72 Å². The van der Waals surface area contributed by atoms with E-state index in [4.69, 9.17) is 4.74 Å². The summed E-state index contributed by atoms with van der Waals surface area (Å²) in [6.07, 6.45) is 2.84. The highest BCUT2D eigenvalue weighted by atomic mass is 32.2. The molecule has 24 heavy (non-hydrogen) atoms. The number of rotatable bonds is 3. The molecule has 0 amide bonds. The molecule has 0 spiro atoms. The van der Waals surface area contributed by atoms with Crippen molar-refractivity contribution in [2.75, 3.05) is 6.61 Å². The van der Waals surface area contributed by atoms with E-state index in [-0.39, 0.29) is 5.41 Å². The van der Waals surface area contributed by atoms with E-state index in [0.29, 0.717) is 17.5 Å². The molecule has 6 heteroatoms. The fourth-order valence-corrected chi connectivity index (χ4v) is 3.96. The summed E-state index contributed by atoms with van der Waals surface area (Å²) in [6.45, 7) is 5.10. The van der Waals surface area contributed by atoms with Gasteiger partial charge in [0.1, 0.15) is 5.75 Å². The molecule has 5 nitrogen and oxygen atoms in total. The van der Waals surface area contributed by atoms with E-state index in [1.165, 1.54) is 0 Å². The van der Waals surface area contributed by atoms with Crippen molar-refractivity contribution in [3.05, 3.63) is 47.8 Å². The van der Waals surface area contributed by atoms with Crippen molar-refractivity contribution in [1.82, 2.24) is 15.0 Å². The summed E-state index contributed by atoms with van der Waals surface area (Å²) in [7, 11) is -1.27. The molecule has 0 radical (unpaired) electrons. The molecule has 3 aromatic rings. The Morgan fingerprint density at radius 3 is 3.00 bits per heavy atom. The van der Waals surface area contributed by atoms with Crippen molar-refractivity contribution < 1.29 is 8.95 Å². The lowest BCUT2D eigenvalue weighted by atomic mass is 9.81. The highest BCUT2D eigenvalue weighted by Crippen LogP contribution is 2.38. The normalized spacial score (nSPS) is 17.2. The number of aromatic amines is 1. The highest BCUT2D eigenvalue weighted by molar-refractivity contribution is 7.84. The summed E-state index contributed by atoms with van der Waals surface area (Å²) < 4.78 is 18.4. The van der Waals surface area contributed by atoms with Crippen molar-refractivity contribution in [3.8, 4) is 5.75 Å². The number of pyridine rings is 1. The van der Waals surface area contributed by atoms with Gasteiger partial charge in [-0.25, -0.2) is 4.98 Å².